The van der Waals surface area contributed by atoms with E-state index in [1.54, 1.807) is 0 Å². The molecule has 3 nitrogen and oxygen atoms in total. The zero-order valence-corrected chi connectivity index (χ0v) is 9.38. The highest BCUT2D eigenvalue weighted by Gasteiger charge is 2.30. The molecule has 1 aliphatic rings. The minimum Gasteiger partial charge on any atom is -0.396 e. The van der Waals surface area contributed by atoms with E-state index in [0.29, 0.717) is 6.10 Å². The van der Waals surface area contributed by atoms with Crippen LogP contribution in [0.3, 0.4) is 0 Å². The Hall–Kier alpha value is -0.120. The monoisotopic (exact) mass is 201 g/mol. The van der Waals surface area contributed by atoms with E-state index in [4.69, 9.17) is 4.74 Å². The average molecular weight is 201 g/mol. The SMILES string of the molecule is CC(C)OCCC1(CO)CCCNC1. The highest BCUT2D eigenvalue weighted by atomic mass is 16.5. The van der Waals surface area contributed by atoms with E-state index in [-0.39, 0.29) is 12.0 Å². The summed E-state index contributed by atoms with van der Waals surface area (Å²) in [5, 5.41) is 12.8. The quantitative estimate of drug-likeness (QED) is 0.701. The zero-order chi connectivity index (χ0) is 10.4. The molecule has 3 heteroatoms. The first-order valence-electron chi connectivity index (χ1n) is 5.62. The van der Waals surface area contributed by atoms with Crippen molar-refractivity contribution in [2.24, 2.45) is 5.41 Å². The third-order valence-corrected chi connectivity index (χ3v) is 2.98. The maximum Gasteiger partial charge on any atom is 0.0518 e. The number of aliphatic hydroxyl groups is 1. The molecule has 0 aromatic carbocycles. The van der Waals surface area contributed by atoms with Crippen LogP contribution in [0.4, 0.5) is 0 Å². The minimum atomic E-state index is 0.0765. The van der Waals surface area contributed by atoms with Gasteiger partial charge in [0.25, 0.3) is 0 Å². The van der Waals surface area contributed by atoms with E-state index >= 15 is 0 Å². The molecule has 84 valence electrons. The molecule has 1 unspecified atom stereocenters. The fourth-order valence-electron chi connectivity index (χ4n) is 1.97. The van der Waals surface area contributed by atoms with Crippen LogP contribution in [-0.4, -0.2) is 37.5 Å². The van der Waals surface area contributed by atoms with Crippen molar-refractivity contribution in [2.75, 3.05) is 26.3 Å². The topological polar surface area (TPSA) is 41.5 Å². The van der Waals surface area contributed by atoms with Gasteiger partial charge in [-0.2, -0.15) is 0 Å². The van der Waals surface area contributed by atoms with Gasteiger partial charge in [0.1, 0.15) is 0 Å². The second-order valence-corrected chi connectivity index (χ2v) is 4.61. The molecule has 2 N–H and O–H groups in total. The van der Waals surface area contributed by atoms with Crippen molar-refractivity contribution < 1.29 is 9.84 Å². The summed E-state index contributed by atoms with van der Waals surface area (Å²) in [4.78, 5) is 0. The Labute approximate surface area is 86.8 Å². The summed E-state index contributed by atoms with van der Waals surface area (Å²) >= 11 is 0. The highest BCUT2D eigenvalue weighted by Crippen LogP contribution is 2.29. The molecule has 1 saturated heterocycles. The van der Waals surface area contributed by atoms with E-state index in [2.05, 4.69) is 5.32 Å². The lowest BCUT2D eigenvalue weighted by molar-refractivity contribution is 0.0189. The summed E-state index contributed by atoms with van der Waals surface area (Å²) in [6, 6.07) is 0. The molecule has 0 radical (unpaired) electrons. The minimum absolute atomic E-state index is 0.0765. The molecule has 1 atom stereocenters. The van der Waals surface area contributed by atoms with Crippen LogP contribution in [0.5, 0.6) is 0 Å². The first-order chi connectivity index (χ1) is 6.68. The van der Waals surface area contributed by atoms with Gasteiger partial charge >= 0.3 is 0 Å². The van der Waals surface area contributed by atoms with Crippen LogP contribution >= 0.6 is 0 Å². The van der Waals surface area contributed by atoms with Crippen molar-refractivity contribution in [3.8, 4) is 0 Å². The highest BCUT2D eigenvalue weighted by molar-refractivity contribution is 4.84. The molecule has 1 rings (SSSR count). The molecule has 1 heterocycles. The maximum absolute atomic E-state index is 9.41. The van der Waals surface area contributed by atoms with Gasteiger partial charge in [0.05, 0.1) is 6.10 Å². The Kier molecular flexibility index (Phi) is 4.85. The first kappa shape index (κ1) is 12.0. The Morgan fingerprint density at radius 1 is 1.50 bits per heavy atom. The number of aliphatic hydroxyl groups excluding tert-OH is 1. The average Bonchev–Trinajstić information content (AvgIpc) is 2.19. The number of hydrogen-bond acceptors (Lipinski definition) is 3. The van der Waals surface area contributed by atoms with Crippen molar-refractivity contribution in [2.45, 2.75) is 39.2 Å². The van der Waals surface area contributed by atoms with Crippen LogP contribution in [0.2, 0.25) is 0 Å². The number of rotatable bonds is 5. The maximum atomic E-state index is 9.41. The van der Waals surface area contributed by atoms with E-state index in [0.717, 1.165) is 32.5 Å². The lowest BCUT2D eigenvalue weighted by Gasteiger charge is -2.36. The Morgan fingerprint density at radius 2 is 2.29 bits per heavy atom. The summed E-state index contributed by atoms with van der Waals surface area (Å²) in [6.45, 7) is 7.16. The lowest BCUT2D eigenvalue weighted by Crippen LogP contribution is -2.43. The van der Waals surface area contributed by atoms with Crippen molar-refractivity contribution in [1.29, 1.82) is 0 Å². The van der Waals surface area contributed by atoms with Crippen molar-refractivity contribution in [1.82, 2.24) is 5.32 Å². The second-order valence-electron chi connectivity index (χ2n) is 4.61. The molecule has 0 saturated carbocycles. The smallest absolute Gasteiger partial charge is 0.0518 e. The number of hydrogen-bond donors (Lipinski definition) is 2. The van der Waals surface area contributed by atoms with Gasteiger partial charge in [-0.1, -0.05) is 0 Å². The van der Waals surface area contributed by atoms with E-state index in [1.165, 1.54) is 6.42 Å². The predicted octanol–water partition coefficient (Wildman–Crippen LogP) is 1.16. The summed E-state index contributed by atoms with van der Waals surface area (Å²) in [6.07, 6.45) is 3.55. The van der Waals surface area contributed by atoms with E-state index in [9.17, 15) is 5.11 Å². The van der Waals surface area contributed by atoms with E-state index in [1.807, 2.05) is 13.8 Å². The normalized spacial score (nSPS) is 28.3. The van der Waals surface area contributed by atoms with Crippen LogP contribution in [0.1, 0.15) is 33.1 Å². The van der Waals surface area contributed by atoms with Gasteiger partial charge in [-0.3, -0.25) is 0 Å². The molecule has 1 fully saturated rings. The first-order valence-corrected chi connectivity index (χ1v) is 5.62. The van der Waals surface area contributed by atoms with Crippen LogP contribution in [0, 0.1) is 5.41 Å². The van der Waals surface area contributed by atoms with Gasteiger partial charge in [0.15, 0.2) is 0 Å². The molecular formula is C11H23NO2. The van der Waals surface area contributed by atoms with Crippen LogP contribution in [0.15, 0.2) is 0 Å². The lowest BCUT2D eigenvalue weighted by atomic mass is 9.79. The molecule has 0 aromatic rings. The van der Waals surface area contributed by atoms with E-state index < -0.39 is 0 Å². The zero-order valence-electron chi connectivity index (χ0n) is 9.38. The van der Waals surface area contributed by atoms with Gasteiger partial charge in [-0.25, -0.2) is 0 Å². The molecule has 1 aliphatic heterocycles. The van der Waals surface area contributed by atoms with Gasteiger partial charge in [-0.05, 0) is 39.7 Å². The number of piperidine rings is 1. The van der Waals surface area contributed by atoms with Gasteiger partial charge in [0, 0.05) is 25.2 Å². The second kappa shape index (κ2) is 5.69. The summed E-state index contributed by atoms with van der Waals surface area (Å²) in [5.41, 5.74) is 0.0765. The van der Waals surface area contributed by atoms with Crippen LogP contribution in [-0.2, 0) is 4.74 Å². The van der Waals surface area contributed by atoms with Crippen LogP contribution in [0.25, 0.3) is 0 Å². The summed E-state index contributed by atoms with van der Waals surface area (Å²) < 4.78 is 5.53. The fraction of sp³-hybridized carbons (Fsp3) is 1.00. The van der Waals surface area contributed by atoms with Gasteiger partial charge in [-0.15, -0.1) is 0 Å². The molecule has 0 aromatic heterocycles. The fourth-order valence-corrected chi connectivity index (χ4v) is 1.97. The summed E-state index contributed by atoms with van der Waals surface area (Å²) in [7, 11) is 0. The third kappa shape index (κ3) is 3.56. The van der Waals surface area contributed by atoms with Crippen LogP contribution < -0.4 is 5.32 Å². The number of nitrogens with one attached hydrogen (secondary N) is 1. The molecule has 0 bridgehead atoms. The Morgan fingerprint density at radius 3 is 2.79 bits per heavy atom. The standard InChI is InChI=1S/C11H23NO2/c1-10(2)14-7-5-11(9-13)4-3-6-12-8-11/h10,12-13H,3-9H2,1-2H3. The largest absolute Gasteiger partial charge is 0.396 e. The van der Waals surface area contributed by atoms with Gasteiger partial charge < -0.3 is 15.2 Å². The van der Waals surface area contributed by atoms with Crippen molar-refractivity contribution in [3.05, 3.63) is 0 Å². The molecule has 0 aliphatic carbocycles. The summed E-state index contributed by atoms with van der Waals surface area (Å²) in [5.74, 6) is 0. The molecule has 14 heavy (non-hydrogen) atoms. The molecule has 0 spiro atoms. The molecule has 0 amide bonds. The predicted molar refractivity (Wildman–Crippen MR) is 57.3 cm³/mol. The Balaban J connectivity index is 2.29. The Bertz CT molecular complexity index is 153. The molecular weight excluding hydrogens is 178 g/mol. The van der Waals surface area contributed by atoms with Crippen molar-refractivity contribution in [3.63, 3.8) is 0 Å². The van der Waals surface area contributed by atoms with Crippen molar-refractivity contribution >= 4 is 0 Å². The third-order valence-electron chi connectivity index (χ3n) is 2.98. The van der Waals surface area contributed by atoms with Gasteiger partial charge in [0.2, 0.25) is 0 Å². The number of ether oxygens (including phenoxy) is 1.